The monoisotopic (exact) mass is 289 g/mol. The summed E-state index contributed by atoms with van der Waals surface area (Å²) < 4.78 is 4.35. The first-order valence-electron chi connectivity index (χ1n) is 4.35. The quantitative estimate of drug-likeness (QED) is 0.472. The molecule has 0 amide bonds. The van der Waals surface area contributed by atoms with Crippen molar-refractivity contribution in [2.24, 2.45) is 10.9 Å². The lowest BCUT2D eigenvalue weighted by Crippen LogP contribution is -2.17. The van der Waals surface area contributed by atoms with Crippen LogP contribution in [0.15, 0.2) is 15.9 Å². The highest BCUT2D eigenvalue weighted by molar-refractivity contribution is 6.34. The molecule has 0 aliphatic heterocycles. The normalized spacial score (nSPS) is 11.6. The maximum atomic E-state index is 5.78. The van der Waals surface area contributed by atoms with E-state index in [4.69, 9.17) is 39.5 Å². The van der Waals surface area contributed by atoms with Crippen LogP contribution in [0.1, 0.15) is 5.69 Å². The smallest absolute Gasteiger partial charge is 0.286 e. The minimum absolute atomic E-state index is 0.0202. The second-order valence-corrected chi connectivity index (χ2v) is 3.68. The van der Waals surface area contributed by atoms with Gasteiger partial charge in [-0.25, -0.2) is 4.63 Å². The number of hydrogen-bond acceptors (Lipinski definition) is 8. The van der Waals surface area contributed by atoms with Gasteiger partial charge < -0.3 is 16.3 Å². The fourth-order valence-corrected chi connectivity index (χ4v) is 1.29. The van der Waals surface area contributed by atoms with Crippen LogP contribution in [0.2, 0.25) is 10.2 Å². The molecule has 0 unspecified atom stereocenters. The lowest BCUT2D eigenvalue weighted by Gasteiger charge is -2.00. The summed E-state index contributed by atoms with van der Waals surface area (Å²) in [5, 5.41) is 17.6. The fraction of sp³-hybridized carbons (Fsp3) is 0. The van der Waals surface area contributed by atoms with E-state index >= 15 is 0 Å². The van der Waals surface area contributed by atoms with Crippen molar-refractivity contribution in [2.45, 2.75) is 0 Å². The van der Waals surface area contributed by atoms with Gasteiger partial charge >= 0.3 is 0 Å². The molecule has 0 radical (unpaired) electrons. The maximum absolute atomic E-state index is 5.78. The van der Waals surface area contributed by atoms with Crippen LogP contribution in [-0.2, 0) is 0 Å². The molecule has 0 aromatic carbocycles. The van der Waals surface area contributed by atoms with Crippen molar-refractivity contribution in [3.05, 3.63) is 21.9 Å². The Morgan fingerprint density at radius 2 is 2.11 bits per heavy atom. The number of rotatable bonds is 3. The Balaban J connectivity index is 2.18. The molecule has 0 saturated carbocycles. The van der Waals surface area contributed by atoms with Gasteiger partial charge in [-0.1, -0.05) is 28.4 Å². The first-order valence-corrected chi connectivity index (χ1v) is 5.11. The fourth-order valence-electron chi connectivity index (χ4n) is 0.907. The SMILES string of the molecule is N/C(=N/Oc1nnc(Cl)cc1Cl)c1nonc1N. The minimum Gasteiger partial charge on any atom is -0.379 e. The van der Waals surface area contributed by atoms with E-state index < -0.39 is 0 Å². The number of halogens is 2. The molecule has 0 aliphatic rings. The summed E-state index contributed by atoms with van der Waals surface area (Å²) in [4.78, 5) is 4.87. The molecular weight excluding hydrogens is 285 g/mol. The number of anilines is 1. The summed E-state index contributed by atoms with van der Waals surface area (Å²) in [5.74, 6) is -0.242. The predicted molar refractivity (Wildman–Crippen MR) is 62.1 cm³/mol. The van der Waals surface area contributed by atoms with Gasteiger partial charge in [-0.05, 0) is 10.3 Å². The number of hydrogen-bond donors (Lipinski definition) is 2. The highest BCUT2D eigenvalue weighted by Gasteiger charge is 2.12. The molecule has 2 rings (SSSR count). The van der Waals surface area contributed by atoms with Gasteiger partial charge in [-0.3, -0.25) is 0 Å². The third-order valence-corrected chi connectivity index (χ3v) is 2.13. The first-order chi connectivity index (χ1) is 8.58. The molecule has 2 aromatic rings. The number of oxime groups is 1. The van der Waals surface area contributed by atoms with E-state index in [9.17, 15) is 0 Å². The molecule has 94 valence electrons. The van der Waals surface area contributed by atoms with Gasteiger partial charge in [0.05, 0.1) is 0 Å². The molecule has 0 atom stereocenters. The van der Waals surface area contributed by atoms with Gasteiger partial charge in [-0.15, -0.1) is 10.2 Å². The van der Waals surface area contributed by atoms with E-state index in [0.29, 0.717) is 0 Å². The summed E-state index contributed by atoms with van der Waals surface area (Å²) in [7, 11) is 0. The molecule has 2 aromatic heterocycles. The Morgan fingerprint density at radius 1 is 1.33 bits per heavy atom. The van der Waals surface area contributed by atoms with Gasteiger partial charge in [0.25, 0.3) is 5.88 Å². The third kappa shape index (κ3) is 2.57. The van der Waals surface area contributed by atoms with Crippen LogP contribution in [0.25, 0.3) is 0 Å². The summed E-state index contributed by atoms with van der Waals surface area (Å²) in [6.45, 7) is 0. The average molecular weight is 290 g/mol. The van der Waals surface area contributed by atoms with Gasteiger partial charge in [0.1, 0.15) is 5.02 Å². The van der Waals surface area contributed by atoms with Gasteiger partial charge in [0.2, 0.25) is 0 Å². The van der Waals surface area contributed by atoms with Crippen LogP contribution in [0.4, 0.5) is 5.82 Å². The topological polar surface area (TPSA) is 138 Å². The van der Waals surface area contributed by atoms with Crippen molar-refractivity contribution in [3.63, 3.8) is 0 Å². The summed E-state index contributed by atoms with van der Waals surface area (Å²) in [6.07, 6.45) is 0. The molecule has 0 fully saturated rings. The molecule has 0 aliphatic carbocycles. The van der Waals surface area contributed by atoms with E-state index in [0.717, 1.165) is 0 Å². The molecular formula is C7H5Cl2N7O2. The van der Waals surface area contributed by atoms with Crippen LogP contribution in [-0.4, -0.2) is 26.3 Å². The Morgan fingerprint density at radius 3 is 2.72 bits per heavy atom. The van der Waals surface area contributed by atoms with E-state index in [-0.39, 0.29) is 33.4 Å². The lowest BCUT2D eigenvalue weighted by atomic mass is 10.4. The van der Waals surface area contributed by atoms with Crippen molar-refractivity contribution in [2.75, 3.05) is 5.73 Å². The van der Waals surface area contributed by atoms with Crippen molar-refractivity contribution >= 4 is 34.9 Å². The van der Waals surface area contributed by atoms with Crippen LogP contribution in [0.3, 0.4) is 0 Å². The molecule has 2 heterocycles. The van der Waals surface area contributed by atoms with E-state index in [1.807, 2.05) is 0 Å². The van der Waals surface area contributed by atoms with Gasteiger partial charge in [0.15, 0.2) is 22.5 Å². The molecule has 0 saturated heterocycles. The Labute approximate surface area is 110 Å². The van der Waals surface area contributed by atoms with E-state index in [1.165, 1.54) is 6.07 Å². The van der Waals surface area contributed by atoms with Crippen LogP contribution in [0.5, 0.6) is 5.88 Å². The average Bonchev–Trinajstić information content (AvgIpc) is 2.74. The molecule has 0 bridgehead atoms. The highest BCUT2D eigenvalue weighted by Crippen LogP contribution is 2.22. The van der Waals surface area contributed by atoms with E-state index in [2.05, 4.69) is 30.3 Å². The zero-order valence-electron chi connectivity index (χ0n) is 8.54. The number of amidine groups is 1. The third-order valence-electron chi connectivity index (χ3n) is 1.67. The number of nitrogens with zero attached hydrogens (tertiary/aromatic N) is 5. The maximum Gasteiger partial charge on any atom is 0.286 e. The Hall–Kier alpha value is -2.13. The summed E-state index contributed by atoms with van der Waals surface area (Å²) in [5.41, 5.74) is 11.0. The minimum atomic E-state index is -0.151. The van der Waals surface area contributed by atoms with Crippen molar-refractivity contribution in [1.82, 2.24) is 20.5 Å². The van der Waals surface area contributed by atoms with Crippen molar-refractivity contribution < 1.29 is 9.47 Å². The van der Waals surface area contributed by atoms with Gasteiger partial charge in [0, 0.05) is 6.07 Å². The van der Waals surface area contributed by atoms with Gasteiger partial charge in [-0.2, -0.15) is 0 Å². The number of nitrogen functional groups attached to an aromatic ring is 1. The summed E-state index contributed by atoms with van der Waals surface area (Å²) >= 11 is 11.3. The van der Waals surface area contributed by atoms with Crippen LogP contribution < -0.4 is 16.3 Å². The Bertz CT molecular complexity index is 599. The first kappa shape index (κ1) is 12.3. The zero-order chi connectivity index (χ0) is 13.1. The van der Waals surface area contributed by atoms with Crippen LogP contribution >= 0.6 is 23.2 Å². The predicted octanol–water partition coefficient (Wildman–Crippen LogP) is 0.448. The number of nitrogens with two attached hydrogens (primary N) is 2. The molecule has 4 N–H and O–H groups in total. The zero-order valence-corrected chi connectivity index (χ0v) is 10.1. The number of aromatic nitrogens is 4. The summed E-state index contributed by atoms with van der Waals surface area (Å²) in [6, 6.07) is 1.34. The highest BCUT2D eigenvalue weighted by atomic mass is 35.5. The molecule has 9 nitrogen and oxygen atoms in total. The Kier molecular flexibility index (Phi) is 3.44. The second kappa shape index (κ2) is 5.02. The van der Waals surface area contributed by atoms with E-state index in [1.54, 1.807) is 0 Å². The second-order valence-electron chi connectivity index (χ2n) is 2.89. The molecule has 18 heavy (non-hydrogen) atoms. The molecule has 0 spiro atoms. The standard InChI is InChI=1S/C7H5Cl2N7O2/c8-2-1-3(9)12-13-7(2)17-15-5(10)4-6(11)16-18-14-4/h1H,(H2,10,15)(H2,11,16). The largest absolute Gasteiger partial charge is 0.379 e. The lowest BCUT2D eigenvalue weighted by molar-refractivity contribution is 0.306. The van der Waals surface area contributed by atoms with Crippen LogP contribution in [0, 0.1) is 0 Å². The van der Waals surface area contributed by atoms with Crippen molar-refractivity contribution in [1.29, 1.82) is 0 Å². The molecule has 11 heteroatoms. The van der Waals surface area contributed by atoms with Crippen molar-refractivity contribution in [3.8, 4) is 5.88 Å².